The third kappa shape index (κ3) is 3.16. The highest BCUT2D eigenvalue weighted by Crippen LogP contribution is 2.27. The summed E-state index contributed by atoms with van der Waals surface area (Å²) in [5.41, 5.74) is 3.54. The lowest BCUT2D eigenvalue weighted by atomic mass is 10.2. The van der Waals surface area contributed by atoms with Crippen LogP contribution >= 0.6 is 0 Å². The monoisotopic (exact) mass is 379 g/mol. The van der Waals surface area contributed by atoms with Crippen molar-refractivity contribution < 1.29 is 9.84 Å². The quantitative estimate of drug-likeness (QED) is 0.549. The molecule has 1 N–H and O–H groups in total. The standard InChI is InChI=1S/C19H21N7O2/c1-13-17(11-20-24(13)2)19-22-18(14-10-21-25(12-14)8-9-27)23-26(19)15-4-6-16(28-3)7-5-15/h4-7,10-12,27H,8-9H2,1-3H3. The number of hydrogen-bond donors (Lipinski definition) is 1. The summed E-state index contributed by atoms with van der Waals surface area (Å²) in [4.78, 5) is 4.77. The lowest BCUT2D eigenvalue weighted by Crippen LogP contribution is -2.01. The molecule has 0 fully saturated rings. The Balaban J connectivity index is 1.84. The molecule has 28 heavy (non-hydrogen) atoms. The predicted molar refractivity (Wildman–Crippen MR) is 103 cm³/mol. The Morgan fingerprint density at radius 1 is 1.11 bits per heavy atom. The maximum atomic E-state index is 9.10. The van der Waals surface area contributed by atoms with Gasteiger partial charge in [0.25, 0.3) is 0 Å². The Labute approximate surface area is 161 Å². The molecular formula is C19H21N7O2. The largest absolute Gasteiger partial charge is 0.497 e. The summed E-state index contributed by atoms with van der Waals surface area (Å²) in [5, 5.41) is 22.4. The molecule has 0 aliphatic rings. The molecule has 0 saturated carbocycles. The van der Waals surface area contributed by atoms with Crippen LogP contribution in [-0.2, 0) is 13.6 Å². The van der Waals surface area contributed by atoms with Crippen molar-refractivity contribution in [2.75, 3.05) is 13.7 Å². The van der Waals surface area contributed by atoms with Crippen LogP contribution in [0.15, 0.2) is 42.9 Å². The van der Waals surface area contributed by atoms with E-state index in [2.05, 4.69) is 10.2 Å². The van der Waals surface area contributed by atoms with Gasteiger partial charge in [0.2, 0.25) is 0 Å². The van der Waals surface area contributed by atoms with E-state index in [-0.39, 0.29) is 6.61 Å². The van der Waals surface area contributed by atoms with Gasteiger partial charge in [-0.25, -0.2) is 9.67 Å². The zero-order chi connectivity index (χ0) is 19.7. The molecule has 4 rings (SSSR count). The molecule has 0 unspecified atom stereocenters. The zero-order valence-corrected chi connectivity index (χ0v) is 15.9. The van der Waals surface area contributed by atoms with Gasteiger partial charge in [-0.3, -0.25) is 9.36 Å². The summed E-state index contributed by atoms with van der Waals surface area (Å²) in [7, 11) is 3.53. The summed E-state index contributed by atoms with van der Waals surface area (Å²) in [6.07, 6.45) is 5.31. The van der Waals surface area contributed by atoms with Crippen LogP contribution in [0.25, 0.3) is 28.5 Å². The Kier molecular flexibility index (Phi) is 4.66. The van der Waals surface area contributed by atoms with Gasteiger partial charge in [-0.15, -0.1) is 5.10 Å². The SMILES string of the molecule is COc1ccc(-n2nc(-c3cnn(CCO)c3)nc2-c2cnn(C)c2C)cc1. The van der Waals surface area contributed by atoms with Crippen molar-refractivity contribution in [3.05, 3.63) is 48.5 Å². The first-order valence-electron chi connectivity index (χ1n) is 8.85. The van der Waals surface area contributed by atoms with E-state index in [1.807, 2.05) is 44.4 Å². The number of ether oxygens (including phenoxy) is 1. The van der Waals surface area contributed by atoms with Crippen LogP contribution in [0.5, 0.6) is 5.75 Å². The third-order valence-corrected chi connectivity index (χ3v) is 4.62. The number of rotatable bonds is 6. The molecular weight excluding hydrogens is 358 g/mol. The first-order chi connectivity index (χ1) is 13.6. The summed E-state index contributed by atoms with van der Waals surface area (Å²) < 4.78 is 10.5. The maximum Gasteiger partial charge on any atom is 0.185 e. The highest BCUT2D eigenvalue weighted by Gasteiger charge is 2.19. The number of hydrogen-bond acceptors (Lipinski definition) is 6. The van der Waals surface area contributed by atoms with Crippen molar-refractivity contribution in [3.8, 4) is 34.2 Å². The molecule has 4 aromatic rings. The minimum absolute atomic E-state index is 0.0228. The zero-order valence-electron chi connectivity index (χ0n) is 15.9. The Morgan fingerprint density at radius 3 is 2.54 bits per heavy atom. The molecule has 0 saturated heterocycles. The number of aliphatic hydroxyl groups excluding tert-OH is 1. The van der Waals surface area contributed by atoms with Crippen LogP contribution in [0.2, 0.25) is 0 Å². The summed E-state index contributed by atoms with van der Waals surface area (Å²) in [5.74, 6) is 2.02. The third-order valence-electron chi connectivity index (χ3n) is 4.62. The number of aliphatic hydroxyl groups is 1. The highest BCUT2D eigenvalue weighted by atomic mass is 16.5. The van der Waals surface area contributed by atoms with Gasteiger partial charge < -0.3 is 9.84 Å². The van der Waals surface area contributed by atoms with Gasteiger partial charge in [0.05, 0.1) is 49.5 Å². The minimum Gasteiger partial charge on any atom is -0.497 e. The Hall–Kier alpha value is -3.46. The molecule has 144 valence electrons. The summed E-state index contributed by atoms with van der Waals surface area (Å²) in [6.45, 7) is 2.44. The average molecular weight is 379 g/mol. The summed E-state index contributed by atoms with van der Waals surface area (Å²) in [6, 6.07) is 7.63. The van der Waals surface area contributed by atoms with E-state index in [0.29, 0.717) is 18.2 Å². The highest BCUT2D eigenvalue weighted by molar-refractivity contribution is 5.64. The second-order valence-electron chi connectivity index (χ2n) is 6.35. The fourth-order valence-corrected chi connectivity index (χ4v) is 2.93. The lowest BCUT2D eigenvalue weighted by molar-refractivity contribution is 0.269. The van der Waals surface area contributed by atoms with Gasteiger partial charge in [-0.05, 0) is 31.2 Å². The normalized spacial score (nSPS) is 11.1. The number of nitrogens with zero attached hydrogens (tertiary/aromatic N) is 7. The van der Waals surface area contributed by atoms with E-state index in [9.17, 15) is 0 Å². The van der Waals surface area contributed by atoms with Crippen molar-refractivity contribution in [1.29, 1.82) is 0 Å². The van der Waals surface area contributed by atoms with E-state index in [1.165, 1.54) is 0 Å². The molecule has 3 aromatic heterocycles. The molecule has 9 nitrogen and oxygen atoms in total. The van der Waals surface area contributed by atoms with Crippen LogP contribution in [0.1, 0.15) is 5.69 Å². The Morgan fingerprint density at radius 2 is 1.89 bits per heavy atom. The molecule has 3 heterocycles. The molecule has 0 aliphatic carbocycles. The average Bonchev–Trinajstić information content (AvgIpc) is 3.42. The van der Waals surface area contributed by atoms with E-state index in [1.54, 1.807) is 33.5 Å². The molecule has 0 amide bonds. The number of benzene rings is 1. The van der Waals surface area contributed by atoms with Gasteiger partial charge in [-0.2, -0.15) is 10.2 Å². The van der Waals surface area contributed by atoms with Crippen molar-refractivity contribution in [3.63, 3.8) is 0 Å². The fourth-order valence-electron chi connectivity index (χ4n) is 2.93. The summed E-state index contributed by atoms with van der Waals surface area (Å²) >= 11 is 0. The number of aryl methyl sites for hydroxylation is 1. The second kappa shape index (κ2) is 7.28. The van der Waals surface area contributed by atoms with Crippen molar-refractivity contribution in [2.24, 2.45) is 7.05 Å². The molecule has 0 bridgehead atoms. The van der Waals surface area contributed by atoms with Crippen LogP contribution in [0.4, 0.5) is 0 Å². The van der Waals surface area contributed by atoms with Crippen LogP contribution in [0, 0.1) is 6.92 Å². The molecule has 0 radical (unpaired) electrons. The first kappa shape index (κ1) is 17.9. The van der Waals surface area contributed by atoms with Gasteiger partial charge in [-0.1, -0.05) is 0 Å². The number of methoxy groups -OCH3 is 1. The van der Waals surface area contributed by atoms with E-state index >= 15 is 0 Å². The van der Waals surface area contributed by atoms with Crippen LogP contribution in [0.3, 0.4) is 0 Å². The van der Waals surface area contributed by atoms with Crippen LogP contribution in [-0.4, -0.2) is 53.1 Å². The first-order valence-corrected chi connectivity index (χ1v) is 8.85. The van der Waals surface area contributed by atoms with Crippen molar-refractivity contribution in [1.82, 2.24) is 34.3 Å². The van der Waals surface area contributed by atoms with E-state index < -0.39 is 0 Å². The van der Waals surface area contributed by atoms with Crippen molar-refractivity contribution >= 4 is 0 Å². The predicted octanol–water partition coefficient (Wildman–Crippen LogP) is 1.84. The van der Waals surface area contributed by atoms with E-state index in [4.69, 9.17) is 19.9 Å². The molecule has 0 spiro atoms. The molecule has 9 heteroatoms. The van der Waals surface area contributed by atoms with Crippen LogP contribution < -0.4 is 4.74 Å². The van der Waals surface area contributed by atoms with Gasteiger partial charge in [0.15, 0.2) is 11.6 Å². The number of aromatic nitrogens is 7. The molecule has 1 aromatic carbocycles. The molecule has 0 atom stereocenters. The van der Waals surface area contributed by atoms with Crippen molar-refractivity contribution in [2.45, 2.75) is 13.5 Å². The lowest BCUT2D eigenvalue weighted by Gasteiger charge is -2.06. The van der Waals surface area contributed by atoms with Gasteiger partial charge in [0, 0.05) is 18.9 Å². The van der Waals surface area contributed by atoms with Gasteiger partial charge >= 0.3 is 0 Å². The smallest absolute Gasteiger partial charge is 0.185 e. The topological polar surface area (TPSA) is 95.8 Å². The maximum absolute atomic E-state index is 9.10. The fraction of sp³-hybridized carbons (Fsp3) is 0.263. The molecule has 0 aliphatic heterocycles. The van der Waals surface area contributed by atoms with E-state index in [0.717, 1.165) is 28.3 Å². The van der Waals surface area contributed by atoms with Gasteiger partial charge in [0.1, 0.15) is 5.75 Å². The second-order valence-corrected chi connectivity index (χ2v) is 6.35. The Bertz CT molecular complexity index is 1090. The minimum atomic E-state index is 0.0228.